The van der Waals surface area contributed by atoms with E-state index in [4.69, 9.17) is 14.6 Å². The third-order valence-corrected chi connectivity index (χ3v) is 5.49. The molecule has 1 aromatic rings. The summed E-state index contributed by atoms with van der Waals surface area (Å²) in [5.74, 6) is -0.592. The molecule has 1 fully saturated rings. The second-order valence-electron chi connectivity index (χ2n) is 6.67. The van der Waals surface area contributed by atoms with Gasteiger partial charge in [0.25, 0.3) is 0 Å². The van der Waals surface area contributed by atoms with Gasteiger partial charge in [-0.2, -0.15) is 0 Å². The lowest BCUT2D eigenvalue weighted by Gasteiger charge is -2.33. The van der Waals surface area contributed by atoms with Crippen LogP contribution in [0.4, 0.5) is 0 Å². The van der Waals surface area contributed by atoms with Crippen LogP contribution in [0.2, 0.25) is 0 Å². The fourth-order valence-electron chi connectivity index (χ4n) is 2.89. The summed E-state index contributed by atoms with van der Waals surface area (Å²) in [6.45, 7) is 7.34. The molecule has 0 radical (unpaired) electrons. The normalized spacial score (nSPS) is 18.8. The first-order valence-electron chi connectivity index (χ1n) is 8.48. The predicted molar refractivity (Wildman–Crippen MR) is 96.2 cm³/mol. The number of carboxylic acid groups (broad SMARTS) is 1. The average Bonchev–Trinajstić information content (AvgIpc) is 2.59. The van der Waals surface area contributed by atoms with E-state index in [0.29, 0.717) is 19.1 Å². The molecule has 0 bridgehead atoms. The maximum atomic E-state index is 12.6. The third-order valence-electron chi connectivity index (χ3n) is 4.05. The molecule has 0 aromatic heterocycles. The predicted octanol–water partition coefficient (Wildman–Crippen LogP) is 1.03. The van der Waals surface area contributed by atoms with Crippen LogP contribution in [0.3, 0.4) is 0 Å². The SMILES string of the molecule is COc1ccc(C(=O)O)cc1S(=O)(=O)NCC1CN(CC(C)C)CCO1. The minimum Gasteiger partial charge on any atom is -0.495 e. The summed E-state index contributed by atoms with van der Waals surface area (Å²) < 4.78 is 38.5. The van der Waals surface area contributed by atoms with E-state index in [1.165, 1.54) is 19.2 Å². The molecule has 0 aliphatic carbocycles. The highest BCUT2D eigenvalue weighted by atomic mass is 32.2. The number of methoxy groups -OCH3 is 1. The van der Waals surface area contributed by atoms with Crippen LogP contribution < -0.4 is 9.46 Å². The zero-order valence-electron chi connectivity index (χ0n) is 15.3. The molecule has 1 heterocycles. The topological polar surface area (TPSA) is 105 Å². The van der Waals surface area contributed by atoms with Gasteiger partial charge in [0.2, 0.25) is 10.0 Å². The molecule has 2 rings (SSSR count). The van der Waals surface area contributed by atoms with Gasteiger partial charge in [0.1, 0.15) is 10.6 Å². The van der Waals surface area contributed by atoms with Crippen molar-refractivity contribution in [3.8, 4) is 5.75 Å². The Labute approximate surface area is 154 Å². The lowest BCUT2D eigenvalue weighted by Crippen LogP contribution is -2.48. The van der Waals surface area contributed by atoms with E-state index in [2.05, 4.69) is 23.5 Å². The Balaban J connectivity index is 2.09. The van der Waals surface area contributed by atoms with E-state index in [1.54, 1.807) is 0 Å². The van der Waals surface area contributed by atoms with Crippen molar-refractivity contribution in [1.29, 1.82) is 0 Å². The van der Waals surface area contributed by atoms with Crippen molar-refractivity contribution in [2.45, 2.75) is 24.8 Å². The van der Waals surface area contributed by atoms with Crippen molar-refractivity contribution in [2.75, 3.05) is 39.9 Å². The quantitative estimate of drug-likeness (QED) is 0.687. The Morgan fingerprint density at radius 1 is 1.46 bits per heavy atom. The number of rotatable bonds is 8. The van der Waals surface area contributed by atoms with Crippen molar-refractivity contribution in [1.82, 2.24) is 9.62 Å². The Hall–Kier alpha value is -1.68. The van der Waals surface area contributed by atoms with Gasteiger partial charge in [0, 0.05) is 26.2 Å². The van der Waals surface area contributed by atoms with Gasteiger partial charge in [-0.3, -0.25) is 4.90 Å². The van der Waals surface area contributed by atoms with E-state index in [9.17, 15) is 13.2 Å². The molecule has 1 unspecified atom stereocenters. The summed E-state index contributed by atoms with van der Waals surface area (Å²) in [5.41, 5.74) is -0.122. The first-order chi connectivity index (χ1) is 12.2. The second-order valence-corrected chi connectivity index (χ2v) is 8.40. The summed E-state index contributed by atoms with van der Waals surface area (Å²) >= 11 is 0. The van der Waals surface area contributed by atoms with E-state index in [0.717, 1.165) is 19.2 Å². The molecule has 0 amide bonds. The summed E-state index contributed by atoms with van der Waals surface area (Å²) in [4.78, 5) is 13.2. The fraction of sp³-hybridized carbons (Fsp3) is 0.588. The number of morpholine rings is 1. The number of hydrogen-bond acceptors (Lipinski definition) is 6. The number of hydrogen-bond donors (Lipinski definition) is 2. The van der Waals surface area contributed by atoms with Gasteiger partial charge in [-0.25, -0.2) is 17.9 Å². The van der Waals surface area contributed by atoms with E-state index in [1.807, 2.05) is 0 Å². The molecule has 1 aromatic carbocycles. The van der Waals surface area contributed by atoms with E-state index in [-0.39, 0.29) is 28.9 Å². The van der Waals surface area contributed by atoms with Crippen LogP contribution in [0.5, 0.6) is 5.75 Å². The van der Waals surface area contributed by atoms with Crippen LogP contribution in [0.25, 0.3) is 0 Å². The highest BCUT2D eigenvalue weighted by molar-refractivity contribution is 7.89. The van der Waals surface area contributed by atoms with E-state index < -0.39 is 16.0 Å². The van der Waals surface area contributed by atoms with Gasteiger partial charge in [-0.15, -0.1) is 0 Å². The monoisotopic (exact) mass is 386 g/mol. The molecular formula is C17H26N2O6S. The molecular weight excluding hydrogens is 360 g/mol. The number of nitrogens with zero attached hydrogens (tertiary/aromatic N) is 1. The van der Waals surface area contributed by atoms with Crippen LogP contribution in [0.1, 0.15) is 24.2 Å². The van der Waals surface area contributed by atoms with Gasteiger partial charge in [-0.1, -0.05) is 13.8 Å². The highest BCUT2D eigenvalue weighted by Crippen LogP contribution is 2.25. The number of benzene rings is 1. The Bertz CT molecular complexity index is 735. The fourth-order valence-corrected chi connectivity index (χ4v) is 4.15. The van der Waals surface area contributed by atoms with Gasteiger partial charge in [0.05, 0.1) is 25.4 Å². The van der Waals surface area contributed by atoms with Gasteiger partial charge in [0.15, 0.2) is 0 Å². The first-order valence-corrected chi connectivity index (χ1v) is 9.96. The lowest BCUT2D eigenvalue weighted by molar-refractivity contribution is -0.0280. The number of carboxylic acids is 1. The molecule has 1 saturated heterocycles. The molecule has 1 aliphatic rings. The smallest absolute Gasteiger partial charge is 0.335 e. The first kappa shape index (κ1) is 20.6. The Kier molecular flexibility index (Phi) is 6.99. The third kappa shape index (κ3) is 5.41. The zero-order valence-corrected chi connectivity index (χ0v) is 16.1. The number of carbonyl (C=O) groups is 1. The van der Waals surface area contributed by atoms with Crippen molar-refractivity contribution in [3.63, 3.8) is 0 Å². The number of aromatic carboxylic acids is 1. The highest BCUT2D eigenvalue weighted by Gasteiger charge is 2.26. The van der Waals surface area contributed by atoms with Gasteiger partial charge in [-0.05, 0) is 24.1 Å². The van der Waals surface area contributed by atoms with Crippen LogP contribution in [0.15, 0.2) is 23.1 Å². The molecule has 26 heavy (non-hydrogen) atoms. The molecule has 1 atom stereocenters. The zero-order chi connectivity index (χ0) is 19.3. The van der Waals surface area contributed by atoms with Crippen LogP contribution in [-0.4, -0.2) is 70.4 Å². The molecule has 146 valence electrons. The van der Waals surface area contributed by atoms with Gasteiger partial charge < -0.3 is 14.6 Å². The van der Waals surface area contributed by atoms with E-state index >= 15 is 0 Å². The molecule has 9 heteroatoms. The molecule has 0 saturated carbocycles. The van der Waals surface area contributed by atoms with Crippen molar-refractivity contribution in [2.24, 2.45) is 5.92 Å². The maximum absolute atomic E-state index is 12.6. The number of sulfonamides is 1. The summed E-state index contributed by atoms with van der Waals surface area (Å²) in [7, 11) is -2.60. The van der Waals surface area contributed by atoms with Crippen LogP contribution in [-0.2, 0) is 14.8 Å². The van der Waals surface area contributed by atoms with Crippen molar-refractivity contribution in [3.05, 3.63) is 23.8 Å². The largest absolute Gasteiger partial charge is 0.495 e. The van der Waals surface area contributed by atoms with Crippen molar-refractivity contribution >= 4 is 16.0 Å². The number of nitrogens with one attached hydrogen (secondary N) is 1. The second kappa shape index (κ2) is 8.81. The minimum absolute atomic E-state index is 0.0912. The Morgan fingerprint density at radius 3 is 2.81 bits per heavy atom. The lowest BCUT2D eigenvalue weighted by atomic mass is 10.2. The molecule has 8 nitrogen and oxygen atoms in total. The van der Waals surface area contributed by atoms with Crippen LogP contribution >= 0.6 is 0 Å². The summed E-state index contributed by atoms with van der Waals surface area (Å²) in [6, 6.07) is 3.73. The molecule has 0 spiro atoms. The average molecular weight is 386 g/mol. The van der Waals surface area contributed by atoms with Crippen molar-refractivity contribution < 1.29 is 27.8 Å². The number of ether oxygens (including phenoxy) is 2. The molecule has 1 aliphatic heterocycles. The van der Waals surface area contributed by atoms with Gasteiger partial charge >= 0.3 is 5.97 Å². The Morgan fingerprint density at radius 2 is 2.19 bits per heavy atom. The standard InChI is InChI=1S/C17H26N2O6S/c1-12(2)10-19-6-7-25-14(11-19)9-18-26(22,23)16-8-13(17(20)21)4-5-15(16)24-3/h4-5,8,12,14,18H,6-7,9-11H2,1-3H3,(H,20,21). The summed E-state index contributed by atoms with van der Waals surface area (Å²) in [6.07, 6.45) is -0.258. The van der Waals surface area contributed by atoms with Crippen LogP contribution in [0, 0.1) is 5.92 Å². The summed E-state index contributed by atoms with van der Waals surface area (Å²) in [5, 5.41) is 9.09. The molecule has 2 N–H and O–H groups in total. The minimum atomic E-state index is -3.94. The maximum Gasteiger partial charge on any atom is 0.335 e.